The number of nitrogens with one attached hydrogen (secondary N) is 1. The van der Waals surface area contributed by atoms with Gasteiger partial charge in [-0.15, -0.1) is 0 Å². The van der Waals surface area contributed by atoms with Gasteiger partial charge in [0, 0.05) is 12.1 Å². The van der Waals surface area contributed by atoms with Crippen LogP contribution in [0, 0.1) is 22.9 Å². The van der Waals surface area contributed by atoms with Crippen LogP contribution in [-0.2, 0) is 14.8 Å². The van der Waals surface area contributed by atoms with Crippen LogP contribution >= 0.6 is 0 Å². The van der Waals surface area contributed by atoms with Crippen molar-refractivity contribution in [3.05, 3.63) is 82.2 Å². The first kappa shape index (κ1) is 25.4. The first-order valence-electron chi connectivity index (χ1n) is 10.1. The van der Waals surface area contributed by atoms with Gasteiger partial charge < -0.3 is 14.8 Å². The van der Waals surface area contributed by atoms with E-state index < -0.39 is 33.2 Å². The van der Waals surface area contributed by atoms with E-state index in [1.165, 1.54) is 69.7 Å². The minimum Gasteiger partial charge on any atom is -0.493 e. The summed E-state index contributed by atoms with van der Waals surface area (Å²) in [7, 11) is -1.59. The smallest absolute Gasteiger partial charge is 0.274 e. The van der Waals surface area contributed by atoms with Crippen LogP contribution in [0.3, 0.4) is 0 Å². The molecule has 10 nitrogen and oxygen atoms in total. The van der Waals surface area contributed by atoms with E-state index in [2.05, 4.69) is 5.32 Å². The Hall–Kier alpha value is -4.19. The lowest BCUT2D eigenvalue weighted by Gasteiger charge is -2.24. The highest BCUT2D eigenvalue weighted by Gasteiger charge is 2.29. The molecule has 0 bridgehead atoms. The van der Waals surface area contributed by atoms with Gasteiger partial charge >= 0.3 is 0 Å². The van der Waals surface area contributed by atoms with E-state index in [-0.39, 0.29) is 33.3 Å². The van der Waals surface area contributed by atoms with Crippen LogP contribution in [0.5, 0.6) is 11.5 Å². The molecule has 0 spiro atoms. The van der Waals surface area contributed by atoms with Gasteiger partial charge in [-0.25, -0.2) is 12.8 Å². The Morgan fingerprint density at radius 1 is 1.06 bits per heavy atom. The number of ether oxygens (including phenoxy) is 2. The second-order valence-electron chi connectivity index (χ2n) is 7.26. The summed E-state index contributed by atoms with van der Waals surface area (Å²) in [6.45, 7) is 0.774. The summed E-state index contributed by atoms with van der Waals surface area (Å²) >= 11 is 0. The van der Waals surface area contributed by atoms with Crippen molar-refractivity contribution >= 4 is 33.0 Å². The number of carbonyl (C=O) groups is 1. The maximum atomic E-state index is 13.6. The quantitative estimate of drug-likeness (QED) is 0.346. The van der Waals surface area contributed by atoms with Crippen LogP contribution < -0.4 is 19.1 Å². The van der Waals surface area contributed by atoms with Gasteiger partial charge in [0.2, 0.25) is 5.91 Å². The average molecular weight is 504 g/mol. The Kier molecular flexibility index (Phi) is 7.55. The summed E-state index contributed by atoms with van der Waals surface area (Å²) in [6, 6.07) is 12.7. The van der Waals surface area contributed by atoms with Gasteiger partial charge in [0.1, 0.15) is 12.4 Å². The molecule has 1 amide bonds. The number of hydrogen-bond donors (Lipinski definition) is 1. The summed E-state index contributed by atoms with van der Waals surface area (Å²) in [5.74, 6) is -0.890. The molecule has 0 fully saturated rings. The van der Waals surface area contributed by atoms with Gasteiger partial charge in [-0.3, -0.25) is 19.2 Å². The number of nitro groups is 1. The van der Waals surface area contributed by atoms with E-state index in [0.717, 1.165) is 16.4 Å². The van der Waals surface area contributed by atoms with Crippen LogP contribution in [-0.4, -0.2) is 40.0 Å². The SMILES string of the molecule is COc1ccc(S(=O)(=O)N(CC(=O)Nc2cccc([N+](=O)[O-])c2C)c2ccc(F)cc2)cc1OC. The van der Waals surface area contributed by atoms with E-state index >= 15 is 0 Å². The number of sulfonamides is 1. The Labute approximate surface area is 201 Å². The minimum absolute atomic E-state index is 0.0344. The molecule has 3 aromatic rings. The number of halogens is 1. The van der Waals surface area contributed by atoms with Crippen molar-refractivity contribution in [1.82, 2.24) is 0 Å². The van der Waals surface area contributed by atoms with E-state index in [1.54, 1.807) is 0 Å². The van der Waals surface area contributed by atoms with Crippen molar-refractivity contribution in [2.45, 2.75) is 11.8 Å². The Morgan fingerprint density at radius 2 is 1.71 bits per heavy atom. The molecule has 35 heavy (non-hydrogen) atoms. The summed E-state index contributed by atoms with van der Waals surface area (Å²) < 4.78 is 51.7. The second-order valence-corrected chi connectivity index (χ2v) is 9.12. The number of amides is 1. The third kappa shape index (κ3) is 5.49. The number of nitrogens with zero attached hydrogens (tertiary/aromatic N) is 2. The highest BCUT2D eigenvalue weighted by atomic mass is 32.2. The zero-order valence-corrected chi connectivity index (χ0v) is 19.8. The van der Waals surface area contributed by atoms with Crippen molar-refractivity contribution in [3.63, 3.8) is 0 Å². The Bertz CT molecular complexity index is 1360. The maximum absolute atomic E-state index is 13.6. The molecule has 0 heterocycles. The molecule has 1 N–H and O–H groups in total. The monoisotopic (exact) mass is 503 g/mol. The molecule has 0 saturated carbocycles. The standard InChI is InChI=1S/C23H22FN3O7S/c1-15-19(5-4-6-20(15)27(29)30)25-23(28)14-26(17-9-7-16(24)8-10-17)35(31,32)18-11-12-21(33-2)22(13-18)34-3/h4-13H,14H2,1-3H3,(H,25,28). The molecule has 3 rings (SSSR count). The second kappa shape index (κ2) is 10.4. The van der Waals surface area contributed by atoms with E-state index in [4.69, 9.17) is 9.47 Å². The molecule has 0 radical (unpaired) electrons. The molecule has 0 aromatic heterocycles. The summed E-state index contributed by atoms with van der Waals surface area (Å²) in [5.41, 5.74) is 0.206. The predicted octanol–water partition coefficient (Wildman–Crippen LogP) is 3.89. The van der Waals surface area contributed by atoms with E-state index in [0.29, 0.717) is 5.75 Å². The van der Waals surface area contributed by atoms with Gasteiger partial charge in [0.25, 0.3) is 15.7 Å². The summed E-state index contributed by atoms with van der Waals surface area (Å²) in [5, 5.41) is 13.7. The molecule has 3 aromatic carbocycles. The maximum Gasteiger partial charge on any atom is 0.274 e. The van der Waals surface area contributed by atoms with Crippen molar-refractivity contribution in [1.29, 1.82) is 0 Å². The molecule has 0 aliphatic carbocycles. The van der Waals surface area contributed by atoms with Crippen molar-refractivity contribution in [2.75, 3.05) is 30.4 Å². The van der Waals surface area contributed by atoms with Crippen LogP contribution in [0.15, 0.2) is 65.6 Å². The van der Waals surface area contributed by atoms with Crippen LogP contribution in [0.2, 0.25) is 0 Å². The van der Waals surface area contributed by atoms with Gasteiger partial charge in [-0.05, 0) is 49.4 Å². The van der Waals surface area contributed by atoms with Gasteiger partial charge in [0.05, 0.1) is 41.0 Å². The molecule has 0 aliphatic rings. The average Bonchev–Trinajstić information content (AvgIpc) is 2.83. The number of nitro benzene ring substituents is 1. The highest BCUT2D eigenvalue weighted by molar-refractivity contribution is 7.92. The van der Waals surface area contributed by atoms with Gasteiger partial charge in [-0.1, -0.05) is 6.07 Å². The number of methoxy groups -OCH3 is 2. The Morgan fingerprint density at radius 3 is 2.31 bits per heavy atom. The van der Waals surface area contributed by atoms with Crippen molar-refractivity contribution in [3.8, 4) is 11.5 Å². The van der Waals surface area contributed by atoms with Crippen LogP contribution in [0.4, 0.5) is 21.5 Å². The molecule has 0 aliphatic heterocycles. The van der Waals surface area contributed by atoms with E-state index in [9.17, 15) is 27.7 Å². The zero-order valence-electron chi connectivity index (χ0n) is 19.0. The molecule has 0 saturated heterocycles. The molecular formula is C23H22FN3O7S. The lowest BCUT2D eigenvalue weighted by molar-refractivity contribution is -0.385. The topological polar surface area (TPSA) is 128 Å². The lowest BCUT2D eigenvalue weighted by atomic mass is 10.1. The molecule has 0 unspecified atom stereocenters. The number of hydrogen-bond acceptors (Lipinski definition) is 7. The summed E-state index contributed by atoms with van der Waals surface area (Å²) in [6.07, 6.45) is 0. The number of carbonyl (C=O) groups excluding carboxylic acids is 1. The van der Waals surface area contributed by atoms with E-state index in [1.807, 2.05) is 0 Å². The minimum atomic E-state index is -4.34. The normalized spacial score (nSPS) is 11.0. The third-order valence-corrected chi connectivity index (χ3v) is 6.89. The van der Waals surface area contributed by atoms with Gasteiger partial charge in [0.15, 0.2) is 11.5 Å². The van der Waals surface area contributed by atoms with Crippen LogP contribution in [0.1, 0.15) is 5.56 Å². The van der Waals surface area contributed by atoms with Crippen molar-refractivity contribution < 1.29 is 32.0 Å². The van der Waals surface area contributed by atoms with Crippen molar-refractivity contribution in [2.24, 2.45) is 0 Å². The Balaban J connectivity index is 2.00. The number of benzene rings is 3. The fraction of sp³-hybridized carbons (Fsp3) is 0.174. The van der Waals surface area contributed by atoms with Crippen LogP contribution in [0.25, 0.3) is 0 Å². The number of anilines is 2. The van der Waals surface area contributed by atoms with Gasteiger partial charge in [-0.2, -0.15) is 0 Å². The predicted molar refractivity (Wildman–Crippen MR) is 127 cm³/mol. The number of rotatable bonds is 9. The third-order valence-electron chi connectivity index (χ3n) is 5.12. The zero-order chi connectivity index (χ0) is 25.8. The summed E-state index contributed by atoms with van der Waals surface area (Å²) in [4.78, 5) is 23.3. The lowest BCUT2D eigenvalue weighted by Crippen LogP contribution is -2.38. The largest absolute Gasteiger partial charge is 0.493 e. The fourth-order valence-corrected chi connectivity index (χ4v) is 4.74. The highest BCUT2D eigenvalue weighted by Crippen LogP contribution is 2.32. The molecule has 12 heteroatoms. The first-order chi connectivity index (χ1) is 16.6. The molecular weight excluding hydrogens is 481 g/mol. The molecule has 0 atom stereocenters. The fourth-order valence-electron chi connectivity index (χ4n) is 3.30. The first-order valence-corrected chi connectivity index (χ1v) is 11.6. The molecule has 184 valence electrons.